The van der Waals surface area contributed by atoms with E-state index in [-0.39, 0.29) is 0 Å². The van der Waals surface area contributed by atoms with Crippen LogP contribution in [-0.4, -0.2) is 20.3 Å². The minimum Gasteiger partial charge on any atom is -0.480 e. The molecule has 0 atom stereocenters. The minimum atomic E-state index is -3.45. The average molecular weight is 365 g/mol. The fraction of sp³-hybridized carbons (Fsp3) is 0.222. The molecule has 2 aromatic carbocycles. The highest BCUT2D eigenvalue weighted by atomic mass is 32.2. The molecule has 1 aliphatic heterocycles. The standard InChI is InChI=1S/C18H17F2NO3S/c1-18(2)17(20)16(11-4-6-12(19)7-5-11)14-9-8-13(10-15(14)24-18)21-25(3,22)23/h4-10,21H,1-3H3. The number of anilines is 1. The number of sulfonamides is 1. The summed E-state index contributed by atoms with van der Waals surface area (Å²) in [5, 5.41) is 0. The summed E-state index contributed by atoms with van der Waals surface area (Å²) < 4.78 is 59.1. The first-order valence-corrected chi connectivity index (χ1v) is 9.43. The maximum atomic E-state index is 15.0. The zero-order valence-electron chi connectivity index (χ0n) is 13.9. The molecule has 1 aliphatic rings. The third kappa shape index (κ3) is 3.51. The third-order valence-corrected chi connectivity index (χ3v) is 4.41. The lowest BCUT2D eigenvalue weighted by molar-refractivity contribution is 0.117. The van der Waals surface area contributed by atoms with Gasteiger partial charge in [-0.15, -0.1) is 0 Å². The number of halogens is 2. The van der Waals surface area contributed by atoms with E-state index in [4.69, 9.17) is 4.74 Å². The van der Waals surface area contributed by atoms with Crippen molar-refractivity contribution in [3.8, 4) is 5.75 Å². The van der Waals surface area contributed by atoms with E-state index in [1.165, 1.54) is 36.4 Å². The monoisotopic (exact) mass is 365 g/mol. The van der Waals surface area contributed by atoms with E-state index in [2.05, 4.69) is 4.72 Å². The van der Waals surface area contributed by atoms with E-state index in [0.717, 1.165) is 6.26 Å². The van der Waals surface area contributed by atoms with Crippen LogP contribution >= 0.6 is 0 Å². The van der Waals surface area contributed by atoms with Crippen LogP contribution in [0.4, 0.5) is 14.5 Å². The summed E-state index contributed by atoms with van der Waals surface area (Å²) >= 11 is 0. The summed E-state index contributed by atoms with van der Waals surface area (Å²) in [5.74, 6) is -0.543. The molecule has 0 bridgehead atoms. The number of rotatable bonds is 3. The van der Waals surface area contributed by atoms with E-state index in [0.29, 0.717) is 28.1 Å². The highest BCUT2D eigenvalue weighted by Gasteiger charge is 2.36. The summed E-state index contributed by atoms with van der Waals surface area (Å²) in [7, 11) is -3.45. The van der Waals surface area contributed by atoms with Crippen LogP contribution in [0.15, 0.2) is 48.3 Å². The Morgan fingerprint density at radius 1 is 1.04 bits per heavy atom. The van der Waals surface area contributed by atoms with Crippen molar-refractivity contribution in [1.29, 1.82) is 0 Å². The quantitative estimate of drug-likeness (QED) is 0.891. The molecule has 0 saturated carbocycles. The number of hydrogen-bond donors (Lipinski definition) is 1. The van der Waals surface area contributed by atoms with E-state index >= 15 is 4.39 Å². The van der Waals surface area contributed by atoms with Crippen molar-refractivity contribution in [3.05, 3.63) is 65.2 Å². The summed E-state index contributed by atoms with van der Waals surface area (Å²) in [5.41, 5.74) is 0.373. The highest BCUT2D eigenvalue weighted by molar-refractivity contribution is 7.92. The Labute approximate surface area is 145 Å². The summed E-state index contributed by atoms with van der Waals surface area (Å²) in [6.07, 6.45) is 1.04. The second-order valence-corrected chi connectivity index (χ2v) is 8.14. The number of benzene rings is 2. The van der Waals surface area contributed by atoms with Gasteiger partial charge in [-0.05, 0) is 43.7 Å². The molecule has 0 saturated heterocycles. The van der Waals surface area contributed by atoms with Gasteiger partial charge in [-0.25, -0.2) is 17.2 Å². The lowest BCUT2D eigenvalue weighted by Gasteiger charge is -2.33. The molecule has 4 nitrogen and oxygen atoms in total. The van der Waals surface area contributed by atoms with Gasteiger partial charge in [-0.2, -0.15) is 0 Å². The van der Waals surface area contributed by atoms with Gasteiger partial charge in [0.2, 0.25) is 10.0 Å². The smallest absolute Gasteiger partial charge is 0.229 e. The van der Waals surface area contributed by atoms with E-state index in [1.807, 2.05) is 0 Å². The third-order valence-electron chi connectivity index (χ3n) is 3.80. The zero-order valence-corrected chi connectivity index (χ0v) is 14.7. The van der Waals surface area contributed by atoms with Crippen molar-refractivity contribution in [2.24, 2.45) is 0 Å². The Morgan fingerprint density at radius 2 is 1.68 bits per heavy atom. The molecular formula is C18H17F2NO3S. The van der Waals surface area contributed by atoms with Gasteiger partial charge in [-0.3, -0.25) is 4.72 Å². The topological polar surface area (TPSA) is 55.4 Å². The summed E-state index contributed by atoms with van der Waals surface area (Å²) in [6, 6.07) is 10.1. The fourth-order valence-corrected chi connectivity index (χ4v) is 3.28. The molecular weight excluding hydrogens is 348 g/mol. The van der Waals surface area contributed by atoms with Gasteiger partial charge in [0.25, 0.3) is 0 Å². The van der Waals surface area contributed by atoms with Crippen LogP contribution in [0.25, 0.3) is 5.57 Å². The lowest BCUT2D eigenvalue weighted by Crippen LogP contribution is -2.33. The average Bonchev–Trinajstić information content (AvgIpc) is 2.48. The molecule has 1 heterocycles. The van der Waals surface area contributed by atoms with Crippen molar-refractivity contribution >= 4 is 21.3 Å². The largest absolute Gasteiger partial charge is 0.480 e. The van der Waals surface area contributed by atoms with Gasteiger partial charge in [0, 0.05) is 17.2 Å². The normalized spacial score (nSPS) is 16.2. The molecule has 0 aromatic heterocycles. The molecule has 0 amide bonds. The Balaban J connectivity index is 2.17. The number of fused-ring (bicyclic) bond motifs is 1. The second-order valence-electron chi connectivity index (χ2n) is 6.39. The van der Waals surface area contributed by atoms with Gasteiger partial charge in [0.15, 0.2) is 11.4 Å². The number of hydrogen-bond acceptors (Lipinski definition) is 3. The molecule has 0 aliphatic carbocycles. The van der Waals surface area contributed by atoms with E-state index < -0.39 is 27.3 Å². The van der Waals surface area contributed by atoms with Crippen LogP contribution in [0.1, 0.15) is 25.0 Å². The predicted octanol–water partition coefficient (Wildman–Crippen LogP) is 4.10. The predicted molar refractivity (Wildman–Crippen MR) is 93.1 cm³/mol. The summed E-state index contributed by atoms with van der Waals surface area (Å²) in [4.78, 5) is 0. The molecule has 25 heavy (non-hydrogen) atoms. The van der Waals surface area contributed by atoms with Crippen LogP contribution in [0, 0.1) is 5.82 Å². The zero-order chi connectivity index (χ0) is 18.4. The van der Waals surface area contributed by atoms with Gasteiger partial charge in [0.1, 0.15) is 11.6 Å². The van der Waals surface area contributed by atoms with Gasteiger partial charge < -0.3 is 4.74 Å². The molecule has 2 aromatic rings. The molecule has 0 spiro atoms. The first kappa shape index (κ1) is 17.4. The van der Waals surface area contributed by atoms with Crippen molar-refractivity contribution in [2.75, 3.05) is 11.0 Å². The Kier molecular flexibility index (Phi) is 4.07. The van der Waals surface area contributed by atoms with Crippen molar-refractivity contribution < 1.29 is 21.9 Å². The highest BCUT2D eigenvalue weighted by Crippen LogP contribution is 2.45. The Hall–Kier alpha value is -2.41. The van der Waals surface area contributed by atoms with Crippen LogP contribution in [0.3, 0.4) is 0 Å². The van der Waals surface area contributed by atoms with Crippen LogP contribution in [0.5, 0.6) is 5.75 Å². The Bertz CT molecular complexity index is 964. The number of ether oxygens (including phenoxy) is 1. The molecule has 7 heteroatoms. The molecule has 0 unspecified atom stereocenters. The van der Waals surface area contributed by atoms with Crippen molar-refractivity contribution in [2.45, 2.75) is 19.4 Å². The van der Waals surface area contributed by atoms with Crippen LogP contribution in [-0.2, 0) is 10.0 Å². The minimum absolute atomic E-state index is 0.303. The molecule has 132 valence electrons. The molecule has 0 radical (unpaired) electrons. The SMILES string of the molecule is CC1(C)Oc2cc(NS(C)(=O)=O)ccc2C(c2ccc(F)cc2)=C1F. The van der Waals surface area contributed by atoms with Crippen molar-refractivity contribution in [3.63, 3.8) is 0 Å². The van der Waals surface area contributed by atoms with Crippen molar-refractivity contribution in [1.82, 2.24) is 0 Å². The molecule has 1 N–H and O–H groups in total. The van der Waals surface area contributed by atoms with Crippen LogP contribution < -0.4 is 9.46 Å². The van der Waals surface area contributed by atoms with E-state index in [1.54, 1.807) is 19.9 Å². The van der Waals surface area contributed by atoms with Gasteiger partial charge in [-0.1, -0.05) is 12.1 Å². The number of nitrogens with one attached hydrogen (secondary N) is 1. The maximum Gasteiger partial charge on any atom is 0.229 e. The Morgan fingerprint density at radius 3 is 2.28 bits per heavy atom. The second kappa shape index (κ2) is 5.84. The van der Waals surface area contributed by atoms with Crippen LogP contribution in [0.2, 0.25) is 0 Å². The summed E-state index contributed by atoms with van der Waals surface area (Å²) in [6.45, 7) is 3.15. The lowest BCUT2D eigenvalue weighted by atomic mass is 9.88. The van der Waals surface area contributed by atoms with Gasteiger partial charge in [0.05, 0.1) is 11.9 Å². The van der Waals surface area contributed by atoms with E-state index in [9.17, 15) is 12.8 Å². The van der Waals surface area contributed by atoms with Gasteiger partial charge >= 0.3 is 0 Å². The maximum absolute atomic E-state index is 15.0. The molecule has 3 rings (SSSR count). The fourth-order valence-electron chi connectivity index (χ4n) is 2.73. The molecule has 0 fully saturated rings. The first-order chi connectivity index (χ1) is 11.6. The first-order valence-electron chi connectivity index (χ1n) is 7.54.